The topological polar surface area (TPSA) is 139 Å². The second-order valence-corrected chi connectivity index (χ2v) is 7.61. The Labute approximate surface area is 223 Å². The van der Waals surface area contributed by atoms with Gasteiger partial charge in [0.25, 0.3) is 0 Å². The first-order chi connectivity index (χ1) is 18.4. The zero-order chi connectivity index (χ0) is 30.7. The second-order valence-electron chi connectivity index (χ2n) is 7.61. The minimum atomic E-state index is -4.77. The average molecular weight is 576 g/mol. The molecule has 0 aromatic heterocycles. The van der Waals surface area contributed by atoms with Gasteiger partial charge < -0.3 is 14.6 Å². The minimum absolute atomic E-state index is 0.201. The first-order valence-corrected chi connectivity index (χ1v) is 10.8. The van der Waals surface area contributed by atoms with Crippen molar-refractivity contribution >= 4 is 28.7 Å². The highest BCUT2D eigenvalue weighted by molar-refractivity contribution is 6.04. The van der Waals surface area contributed by atoms with Crippen LogP contribution in [-0.2, 0) is 14.4 Å². The molecule has 2 aromatic rings. The molecule has 0 unspecified atom stereocenters. The largest absolute Gasteiger partial charge is 0.573 e. The van der Waals surface area contributed by atoms with E-state index in [0.717, 1.165) is 24.3 Å². The number of hydrogen-bond donors (Lipinski definition) is 1. The molecule has 0 saturated heterocycles. The third kappa shape index (κ3) is 13.3. The maximum Gasteiger partial charge on any atom is 0.573 e. The molecular formula is C24H22F6N4O6. The summed E-state index contributed by atoms with van der Waals surface area (Å²) in [6.07, 6.45) is -9.53. The van der Waals surface area contributed by atoms with E-state index in [4.69, 9.17) is 0 Å². The van der Waals surface area contributed by atoms with Gasteiger partial charge in [-0.1, -0.05) is 0 Å². The van der Waals surface area contributed by atoms with Crippen LogP contribution in [0.25, 0.3) is 0 Å². The fraction of sp³-hybridized carbons (Fsp3) is 0.292. The van der Waals surface area contributed by atoms with E-state index in [1.165, 1.54) is 52.0 Å². The molecule has 2 rings (SSSR count). The van der Waals surface area contributed by atoms with Crippen molar-refractivity contribution in [3.05, 3.63) is 60.0 Å². The number of carbonyl (C=O) groups is 3. The number of azo groups is 2. The zero-order valence-electron chi connectivity index (χ0n) is 21.2. The van der Waals surface area contributed by atoms with Gasteiger partial charge in [0.05, 0.1) is 11.4 Å². The third-order valence-corrected chi connectivity index (χ3v) is 4.14. The van der Waals surface area contributed by atoms with Gasteiger partial charge in [-0.2, -0.15) is 15.3 Å². The first-order valence-electron chi connectivity index (χ1n) is 10.8. The van der Waals surface area contributed by atoms with Crippen molar-refractivity contribution in [3.63, 3.8) is 0 Å². The quantitative estimate of drug-likeness (QED) is 0.110. The predicted molar refractivity (Wildman–Crippen MR) is 126 cm³/mol. The molecule has 0 heterocycles. The summed E-state index contributed by atoms with van der Waals surface area (Å²) >= 11 is 0. The maximum atomic E-state index is 11.9. The summed E-state index contributed by atoms with van der Waals surface area (Å²) in [5, 5.41) is 23.6. The first kappa shape index (κ1) is 33.4. The van der Waals surface area contributed by atoms with Gasteiger partial charge in [-0.15, -0.1) is 31.5 Å². The molecule has 0 spiro atoms. The molecule has 0 aliphatic rings. The van der Waals surface area contributed by atoms with E-state index in [1.807, 2.05) is 0 Å². The Hall–Kier alpha value is -4.63. The van der Waals surface area contributed by atoms with Crippen molar-refractivity contribution in [1.82, 2.24) is 0 Å². The zero-order valence-corrected chi connectivity index (χ0v) is 21.2. The Kier molecular flexibility index (Phi) is 12.1. The van der Waals surface area contributed by atoms with Crippen LogP contribution in [0.3, 0.4) is 0 Å². The standard InChI is InChI=1S/2C12H11F3N2O3/c2*1-7(18)11(8(2)19)17-16-9-3-5-10(6-4-9)20-12(13,14)15/h3-6,18H,1-2H3;3-6,11H,1-2H3. The number of carbonyl (C=O) groups excluding carboxylic acids is 3. The Balaban J connectivity index is 0.000000400. The van der Waals surface area contributed by atoms with Crippen molar-refractivity contribution in [3.8, 4) is 11.5 Å². The number of ketones is 3. The average Bonchev–Trinajstić information content (AvgIpc) is 2.79. The normalized spacial score (nSPS) is 12.6. The van der Waals surface area contributed by atoms with Crippen LogP contribution in [0.1, 0.15) is 27.7 Å². The van der Waals surface area contributed by atoms with E-state index >= 15 is 0 Å². The van der Waals surface area contributed by atoms with Crippen molar-refractivity contribution in [1.29, 1.82) is 0 Å². The van der Waals surface area contributed by atoms with Crippen LogP contribution < -0.4 is 9.47 Å². The number of nitrogens with zero attached hydrogens (tertiary/aromatic N) is 4. The summed E-state index contributed by atoms with van der Waals surface area (Å²) in [6, 6.07) is 7.95. The molecule has 0 bridgehead atoms. The molecule has 0 saturated carbocycles. The van der Waals surface area contributed by atoms with Crippen LogP contribution in [0.2, 0.25) is 0 Å². The van der Waals surface area contributed by atoms with Gasteiger partial charge in [-0.05, 0) is 69.3 Å². The molecule has 0 amide bonds. The van der Waals surface area contributed by atoms with Crippen LogP contribution in [0, 0.1) is 0 Å². The van der Waals surface area contributed by atoms with E-state index in [2.05, 4.69) is 29.9 Å². The summed E-state index contributed by atoms with van der Waals surface area (Å²) in [5.74, 6) is -2.48. The fourth-order valence-corrected chi connectivity index (χ4v) is 2.51. The predicted octanol–water partition coefficient (Wildman–Crippen LogP) is 7.26. The lowest BCUT2D eigenvalue weighted by molar-refractivity contribution is -0.275. The lowest BCUT2D eigenvalue weighted by Crippen LogP contribution is -2.23. The van der Waals surface area contributed by atoms with E-state index in [9.17, 15) is 45.8 Å². The molecule has 216 valence electrons. The molecule has 0 fully saturated rings. The maximum absolute atomic E-state index is 11.9. The van der Waals surface area contributed by atoms with Gasteiger partial charge in [0.1, 0.15) is 17.3 Å². The number of aliphatic hydroxyl groups is 1. The van der Waals surface area contributed by atoms with Gasteiger partial charge in [-0.25, -0.2) is 0 Å². The third-order valence-electron chi connectivity index (χ3n) is 4.14. The fourth-order valence-electron chi connectivity index (χ4n) is 2.51. The Bertz CT molecular complexity index is 1250. The molecule has 40 heavy (non-hydrogen) atoms. The second kappa shape index (κ2) is 14.5. The number of rotatable bonds is 9. The SMILES string of the molecule is CC(=O)C(N=Nc1ccc(OC(F)(F)F)cc1)=C(C)O.CC(=O)C(N=Nc1ccc(OC(F)(F)F)cc1)C(C)=O. The van der Waals surface area contributed by atoms with Gasteiger partial charge in [-0.3, -0.25) is 14.4 Å². The molecule has 16 heteroatoms. The molecule has 0 radical (unpaired) electrons. The monoisotopic (exact) mass is 576 g/mol. The minimum Gasteiger partial charge on any atom is -0.510 e. The molecule has 10 nitrogen and oxygen atoms in total. The Morgan fingerprint density at radius 2 is 1.07 bits per heavy atom. The number of alkyl halides is 6. The Morgan fingerprint density at radius 1 is 0.700 bits per heavy atom. The summed E-state index contributed by atoms with van der Waals surface area (Å²) in [4.78, 5) is 33.3. The number of halogens is 6. The number of benzene rings is 2. The highest BCUT2D eigenvalue weighted by atomic mass is 19.4. The number of ether oxygens (including phenoxy) is 2. The van der Waals surface area contributed by atoms with Crippen molar-refractivity contribution < 1.29 is 55.3 Å². The summed E-state index contributed by atoms with van der Waals surface area (Å²) < 4.78 is 79.0. The smallest absolute Gasteiger partial charge is 0.510 e. The van der Waals surface area contributed by atoms with Crippen molar-refractivity contribution in [2.24, 2.45) is 20.5 Å². The lowest BCUT2D eigenvalue weighted by atomic mass is 10.1. The highest BCUT2D eigenvalue weighted by Gasteiger charge is 2.31. The molecule has 0 aliphatic heterocycles. The van der Waals surface area contributed by atoms with E-state index in [1.54, 1.807) is 0 Å². The van der Waals surface area contributed by atoms with Crippen molar-refractivity contribution in [2.75, 3.05) is 0 Å². The molecule has 0 aliphatic carbocycles. The molecular weight excluding hydrogens is 554 g/mol. The lowest BCUT2D eigenvalue weighted by Gasteiger charge is -2.08. The van der Waals surface area contributed by atoms with Crippen LogP contribution >= 0.6 is 0 Å². The van der Waals surface area contributed by atoms with E-state index < -0.39 is 47.6 Å². The Morgan fingerprint density at radius 3 is 1.38 bits per heavy atom. The number of allylic oxidation sites excluding steroid dienone is 2. The molecule has 0 atom stereocenters. The summed E-state index contributed by atoms with van der Waals surface area (Å²) in [7, 11) is 0. The molecule has 1 N–H and O–H groups in total. The number of aliphatic hydroxyl groups excluding tert-OH is 1. The van der Waals surface area contributed by atoms with E-state index in [0.29, 0.717) is 0 Å². The van der Waals surface area contributed by atoms with Gasteiger partial charge in [0.2, 0.25) is 0 Å². The van der Waals surface area contributed by atoms with E-state index in [-0.39, 0.29) is 22.8 Å². The number of Topliss-reactive ketones (excluding diaryl/α,β-unsaturated/α-hetero) is 3. The molecule has 2 aromatic carbocycles. The van der Waals surface area contributed by atoms with Crippen molar-refractivity contribution in [2.45, 2.75) is 46.5 Å². The summed E-state index contributed by atoms with van der Waals surface area (Å²) in [5.41, 5.74) is 0.187. The van der Waals surface area contributed by atoms with Gasteiger partial charge >= 0.3 is 12.7 Å². The van der Waals surface area contributed by atoms with Crippen LogP contribution in [0.4, 0.5) is 37.7 Å². The van der Waals surface area contributed by atoms with Gasteiger partial charge in [0, 0.05) is 6.92 Å². The van der Waals surface area contributed by atoms with Crippen LogP contribution in [0.5, 0.6) is 11.5 Å². The van der Waals surface area contributed by atoms with Crippen LogP contribution in [-0.4, -0.2) is 41.2 Å². The van der Waals surface area contributed by atoms with Gasteiger partial charge in [0.15, 0.2) is 29.1 Å². The van der Waals surface area contributed by atoms with Crippen LogP contribution in [0.15, 0.2) is 80.4 Å². The number of hydrogen-bond acceptors (Lipinski definition) is 10. The highest BCUT2D eigenvalue weighted by Crippen LogP contribution is 2.26. The summed E-state index contributed by atoms with van der Waals surface area (Å²) in [6.45, 7) is 4.88.